The molecule has 0 rings (SSSR count). The fraction of sp³-hybridized carbons (Fsp3) is 1.00. The fourth-order valence-electron chi connectivity index (χ4n) is 0.949. The van der Waals surface area contributed by atoms with Gasteiger partial charge in [0.1, 0.15) is 0 Å². The minimum atomic E-state index is 0.00339. The predicted molar refractivity (Wildman–Crippen MR) is 57.7 cm³/mol. The van der Waals surface area contributed by atoms with Gasteiger partial charge in [0.2, 0.25) is 0 Å². The zero-order valence-corrected chi connectivity index (χ0v) is 10.3. The van der Waals surface area contributed by atoms with Crippen molar-refractivity contribution in [1.82, 2.24) is 0 Å². The third kappa shape index (κ3) is 8.75. The van der Waals surface area contributed by atoms with Crippen molar-refractivity contribution < 1.29 is 9.47 Å². The van der Waals surface area contributed by atoms with Crippen molar-refractivity contribution in [2.24, 2.45) is 0 Å². The number of halogens is 1. The van der Waals surface area contributed by atoms with E-state index >= 15 is 0 Å². The summed E-state index contributed by atoms with van der Waals surface area (Å²) < 4.78 is 10.8. The maximum atomic E-state index is 5.58. The standard InChI is InChI=1S/C9H19ClO2Si/c1-3-11-9(12-4-2)8-13-7-5-6-10/h9H,3-8H2,1-2H3. The second-order valence-electron chi connectivity index (χ2n) is 2.59. The van der Waals surface area contributed by atoms with Gasteiger partial charge >= 0.3 is 0 Å². The minimum Gasteiger partial charge on any atom is -0.353 e. The molecule has 2 nitrogen and oxygen atoms in total. The summed E-state index contributed by atoms with van der Waals surface area (Å²) >= 11 is 5.58. The van der Waals surface area contributed by atoms with Crippen LogP contribution in [-0.4, -0.2) is 34.9 Å². The first-order valence-corrected chi connectivity index (χ1v) is 6.79. The van der Waals surface area contributed by atoms with Gasteiger partial charge in [0, 0.05) is 28.6 Å². The van der Waals surface area contributed by atoms with Crippen LogP contribution in [0.15, 0.2) is 0 Å². The Balaban J connectivity index is 3.33. The van der Waals surface area contributed by atoms with Crippen LogP contribution >= 0.6 is 11.6 Å². The van der Waals surface area contributed by atoms with E-state index in [1.807, 2.05) is 13.8 Å². The quantitative estimate of drug-likeness (QED) is 0.258. The van der Waals surface area contributed by atoms with Gasteiger partial charge in [0.05, 0.1) is 0 Å². The maximum absolute atomic E-state index is 5.58. The molecule has 0 heterocycles. The molecule has 0 aromatic rings. The highest BCUT2D eigenvalue weighted by atomic mass is 35.5. The fourth-order valence-corrected chi connectivity index (χ4v) is 2.41. The van der Waals surface area contributed by atoms with Gasteiger partial charge in [-0.05, 0) is 26.3 Å². The molecule has 13 heavy (non-hydrogen) atoms. The molecule has 0 fully saturated rings. The monoisotopic (exact) mass is 222 g/mol. The molecule has 0 bridgehead atoms. The lowest BCUT2D eigenvalue weighted by molar-refractivity contribution is -0.123. The topological polar surface area (TPSA) is 18.5 Å². The summed E-state index contributed by atoms with van der Waals surface area (Å²) in [6.45, 7) is 5.44. The molecule has 4 heteroatoms. The van der Waals surface area contributed by atoms with Crippen molar-refractivity contribution in [2.45, 2.75) is 38.6 Å². The Bertz CT molecular complexity index is 97.6. The van der Waals surface area contributed by atoms with Crippen LogP contribution in [0.2, 0.25) is 12.1 Å². The Morgan fingerprint density at radius 2 is 1.85 bits per heavy atom. The van der Waals surface area contributed by atoms with E-state index in [0.717, 1.165) is 41.1 Å². The lowest BCUT2D eigenvalue weighted by atomic mass is 10.6. The van der Waals surface area contributed by atoms with E-state index in [-0.39, 0.29) is 6.29 Å². The van der Waals surface area contributed by atoms with Crippen molar-refractivity contribution in [3.8, 4) is 0 Å². The van der Waals surface area contributed by atoms with Gasteiger partial charge in [-0.15, -0.1) is 11.6 Å². The predicted octanol–water partition coefficient (Wildman–Crippen LogP) is 2.56. The van der Waals surface area contributed by atoms with Gasteiger partial charge in [-0.3, -0.25) is 0 Å². The number of hydrogen-bond acceptors (Lipinski definition) is 2. The minimum absolute atomic E-state index is 0.00339. The molecule has 0 aromatic carbocycles. The van der Waals surface area contributed by atoms with E-state index < -0.39 is 0 Å². The SMILES string of the molecule is CCOC(C[Si]CCCCl)OCC. The van der Waals surface area contributed by atoms with Crippen molar-refractivity contribution in [1.29, 1.82) is 0 Å². The summed E-state index contributed by atoms with van der Waals surface area (Å²) in [4.78, 5) is 0. The summed E-state index contributed by atoms with van der Waals surface area (Å²) in [6, 6.07) is 2.21. The number of alkyl halides is 1. The highest BCUT2D eigenvalue weighted by Crippen LogP contribution is 2.04. The highest BCUT2D eigenvalue weighted by molar-refractivity contribution is 6.35. The van der Waals surface area contributed by atoms with Crippen LogP contribution in [-0.2, 0) is 9.47 Å². The van der Waals surface area contributed by atoms with Crippen LogP contribution < -0.4 is 0 Å². The molecule has 0 saturated carbocycles. The van der Waals surface area contributed by atoms with E-state index in [9.17, 15) is 0 Å². The molecule has 2 radical (unpaired) electrons. The Kier molecular flexibility index (Phi) is 10.9. The summed E-state index contributed by atoms with van der Waals surface area (Å²) in [5, 5.41) is 0. The molecule has 78 valence electrons. The largest absolute Gasteiger partial charge is 0.353 e. The molecule has 0 saturated heterocycles. The van der Waals surface area contributed by atoms with Crippen LogP contribution in [0.3, 0.4) is 0 Å². The van der Waals surface area contributed by atoms with E-state index in [1.165, 1.54) is 6.04 Å². The average molecular weight is 223 g/mol. The van der Waals surface area contributed by atoms with Crippen LogP contribution in [0.25, 0.3) is 0 Å². The van der Waals surface area contributed by atoms with E-state index in [0.29, 0.717) is 0 Å². The molecule has 0 atom stereocenters. The number of hydrogen-bond donors (Lipinski definition) is 0. The number of ether oxygens (including phenoxy) is 2. The van der Waals surface area contributed by atoms with Crippen LogP contribution in [0.1, 0.15) is 20.3 Å². The van der Waals surface area contributed by atoms with Gasteiger partial charge in [-0.2, -0.15) is 0 Å². The van der Waals surface area contributed by atoms with Crippen molar-refractivity contribution in [2.75, 3.05) is 19.1 Å². The Morgan fingerprint density at radius 3 is 2.31 bits per heavy atom. The zero-order valence-electron chi connectivity index (χ0n) is 8.51. The second kappa shape index (κ2) is 10.5. The molecule has 0 aliphatic heterocycles. The Labute approximate surface area is 88.8 Å². The molecule has 0 aromatic heterocycles. The highest BCUT2D eigenvalue weighted by Gasteiger charge is 2.06. The third-order valence-corrected chi connectivity index (χ3v) is 3.10. The molecule has 0 aliphatic rings. The van der Waals surface area contributed by atoms with Gasteiger partial charge in [0.15, 0.2) is 6.29 Å². The van der Waals surface area contributed by atoms with Crippen LogP contribution in [0.4, 0.5) is 0 Å². The first kappa shape index (κ1) is 13.4. The summed E-state index contributed by atoms with van der Waals surface area (Å²) in [5.74, 6) is 0.765. The molecular formula is C9H19ClO2Si. The maximum Gasteiger partial charge on any atom is 0.154 e. The molecule has 0 aliphatic carbocycles. The van der Waals surface area contributed by atoms with E-state index in [1.54, 1.807) is 0 Å². The molecular weight excluding hydrogens is 204 g/mol. The van der Waals surface area contributed by atoms with Gasteiger partial charge in [0.25, 0.3) is 0 Å². The van der Waals surface area contributed by atoms with Gasteiger partial charge < -0.3 is 9.47 Å². The average Bonchev–Trinajstić information content (AvgIpc) is 2.13. The Morgan fingerprint density at radius 1 is 1.23 bits per heavy atom. The third-order valence-electron chi connectivity index (χ3n) is 1.50. The summed E-state index contributed by atoms with van der Waals surface area (Å²) in [5.41, 5.74) is 0. The molecule has 0 spiro atoms. The lowest BCUT2D eigenvalue weighted by Crippen LogP contribution is -2.18. The zero-order chi connectivity index (χ0) is 9.94. The van der Waals surface area contributed by atoms with Crippen LogP contribution in [0, 0.1) is 0 Å². The van der Waals surface area contributed by atoms with Crippen molar-refractivity contribution in [3.05, 3.63) is 0 Å². The summed E-state index contributed by atoms with van der Waals surface area (Å²) in [6.07, 6.45) is 1.11. The van der Waals surface area contributed by atoms with Crippen molar-refractivity contribution >= 4 is 21.1 Å². The number of rotatable bonds is 9. The Hall–Kier alpha value is 0.427. The first-order chi connectivity index (χ1) is 6.35. The normalized spacial score (nSPS) is 11.1. The molecule has 0 N–H and O–H groups in total. The second-order valence-corrected chi connectivity index (χ2v) is 4.37. The van der Waals surface area contributed by atoms with Crippen LogP contribution in [0.5, 0.6) is 0 Å². The summed E-state index contributed by atoms with van der Waals surface area (Å²) in [7, 11) is 0.905. The molecule has 0 amide bonds. The van der Waals surface area contributed by atoms with Gasteiger partial charge in [-0.25, -0.2) is 0 Å². The van der Waals surface area contributed by atoms with E-state index in [4.69, 9.17) is 21.1 Å². The van der Waals surface area contributed by atoms with Gasteiger partial charge in [-0.1, -0.05) is 6.04 Å². The van der Waals surface area contributed by atoms with E-state index in [2.05, 4.69) is 0 Å². The smallest absolute Gasteiger partial charge is 0.154 e. The first-order valence-electron chi connectivity index (χ1n) is 4.85. The molecule has 0 unspecified atom stereocenters. The lowest BCUT2D eigenvalue weighted by Gasteiger charge is -2.15. The van der Waals surface area contributed by atoms with Crippen molar-refractivity contribution in [3.63, 3.8) is 0 Å².